The molecule has 1 fully saturated rings. The fraction of sp³-hybridized carbons (Fsp3) is 0.769. The van der Waals surface area contributed by atoms with Gasteiger partial charge in [-0.3, -0.25) is 0 Å². The largest absolute Gasteiger partial charge is 0.462 e. The van der Waals surface area contributed by atoms with Gasteiger partial charge in [-0.2, -0.15) is 0 Å². The van der Waals surface area contributed by atoms with Crippen molar-refractivity contribution in [2.24, 2.45) is 0 Å². The Morgan fingerprint density at radius 3 is 2.50 bits per heavy atom. The van der Waals surface area contributed by atoms with E-state index >= 15 is 0 Å². The van der Waals surface area contributed by atoms with Crippen molar-refractivity contribution < 1.29 is 14.3 Å². The van der Waals surface area contributed by atoms with Gasteiger partial charge in [0.25, 0.3) is 0 Å². The minimum absolute atomic E-state index is 0.334. The molecule has 1 aliphatic heterocycles. The Labute approximate surface area is 115 Å². The van der Waals surface area contributed by atoms with Gasteiger partial charge in [0.1, 0.15) is 0 Å². The van der Waals surface area contributed by atoms with Gasteiger partial charge in [-0.05, 0) is 19.5 Å². The average molecular weight is 278 g/mol. The van der Waals surface area contributed by atoms with Crippen LogP contribution in [0.15, 0.2) is 12.7 Å². The number of hydrogen-bond donors (Lipinski definition) is 0. The zero-order chi connectivity index (χ0) is 13.8. The van der Waals surface area contributed by atoms with Gasteiger partial charge in [-0.1, -0.05) is 20.4 Å². The summed E-state index contributed by atoms with van der Waals surface area (Å²) in [5.41, 5.74) is 0. The highest BCUT2D eigenvalue weighted by molar-refractivity contribution is 6.18. The highest BCUT2D eigenvalue weighted by Gasteiger charge is 2.19. The molecule has 0 aromatic carbocycles. The Balaban J connectivity index is 0.000000473. The van der Waals surface area contributed by atoms with Crippen LogP contribution >= 0.6 is 11.6 Å². The summed E-state index contributed by atoms with van der Waals surface area (Å²) in [7, 11) is 0. The van der Waals surface area contributed by atoms with Gasteiger partial charge in [0.2, 0.25) is 0 Å². The van der Waals surface area contributed by atoms with Crippen molar-refractivity contribution in [3.63, 3.8) is 0 Å². The van der Waals surface area contributed by atoms with Crippen LogP contribution in [0.25, 0.3) is 0 Å². The molecular weight excluding hydrogens is 254 g/mol. The fourth-order valence-corrected chi connectivity index (χ4v) is 1.39. The normalized spacial score (nSPS) is 16.8. The molecule has 1 unspecified atom stereocenters. The number of nitrogens with zero attached hydrogens (tertiary/aromatic N) is 1. The molecule has 0 aromatic heterocycles. The summed E-state index contributed by atoms with van der Waals surface area (Å²) in [6.07, 6.45) is 2.48. The van der Waals surface area contributed by atoms with E-state index < -0.39 is 0 Å². The van der Waals surface area contributed by atoms with Gasteiger partial charge < -0.3 is 14.4 Å². The van der Waals surface area contributed by atoms with Crippen LogP contribution in [0.1, 0.15) is 20.3 Å². The molecule has 0 saturated carbocycles. The Morgan fingerprint density at radius 2 is 2.17 bits per heavy atom. The second kappa shape index (κ2) is 11.5. The van der Waals surface area contributed by atoms with Crippen LogP contribution in [-0.4, -0.2) is 55.7 Å². The summed E-state index contributed by atoms with van der Waals surface area (Å²) >= 11 is 5.27. The van der Waals surface area contributed by atoms with Crippen molar-refractivity contribution in [2.45, 2.75) is 26.4 Å². The van der Waals surface area contributed by atoms with E-state index in [2.05, 4.69) is 25.3 Å². The molecule has 5 heteroatoms. The maximum absolute atomic E-state index is 10.6. The van der Waals surface area contributed by atoms with E-state index in [1.54, 1.807) is 0 Å². The van der Waals surface area contributed by atoms with Crippen LogP contribution < -0.4 is 0 Å². The predicted octanol–water partition coefficient (Wildman–Crippen LogP) is 2.07. The maximum Gasteiger partial charge on any atom is 0.330 e. The van der Waals surface area contributed by atoms with Crippen LogP contribution in [0, 0.1) is 0 Å². The van der Waals surface area contributed by atoms with Crippen LogP contribution in [0.2, 0.25) is 0 Å². The average Bonchev–Trinajstić information content (AvgIpc) is 3.23. The SMILES string of the molecule is C=CC(=O)OCCCN(CC)CC.ClCC1CO1. The van der Waals surface area contributed by atoms with Crippen molar-refractivity contribution in [3.05, 3.63) is 12.7 Å². The molecular formula is C13H24ClNO3. The first-order chi connectivity index (χ1) is 8.67. The third-order valence-corrected chi connectivity index (χ3v) is 2.84. The third kappa shape index (κ3) is 10.6. The van der Waals surface area contributed by atoms with Crippen molar-refractivity contribution in [3.8, 4) is 0 Å². The molecule has 1 rings (SSSR count). The molecule has 0 bridgehead atoms. The zero-order valence-corrected chi connectivity index (χ0v) is 12.1. The molecule has 1 aliphatic rings. The first-order valence-electron chi connectivity index (χ1n) is 6.36. The number of carbonyl (C=O) groups is 1. The lowest BCUT2D eigenvalue weighted by molar-refractivity contribution is -0.137. The van der Waals surface area contributed by atoms with Crippen molar-refractivity contribution in [1.29, 1.82) is 0 Å². The molecule has 1 heterocycles. The summed E-state index contributed by atoms with van der Waals surface area (Å²) in [5, 5.41) is 0. The summed E-state index contributed by atoms with van der Waals surface area (Å²) in [5.74, 6) is 0.333. The first-order valence-corrected chi connectivity index (χ1v) is 6.90. The molecule has 4 nitrogen and oxygen atoms in total. The zero-order valence-electron chi connectivity index (χ0n) is 11.4. The number of alkyl halides is 1. The van der Waals surface area contributed by atoms with Crippen LogP contribution in [-0.2, 0) is 14.3 Å². The maximum atomic E-state index is 10.6. The van der Waals surface area contributed by atoms with Crippen LogP contribution in [0.4, 0.5) is 0 Å². The molecule has 1 saturated heterocycles. The number of hydrogen-bond acceptors (Lipinski definition) is 4. The number of rotatable bonds is 8. The standard InChI is InChI=1S/C10H19NO2.C3H5ClO/c1-4-10(12)13-9-7-8-11(5-2)6-3;4-1-3-2-5-3/h4H,1,5-9H2,2-3H3;3H,1-2H2. The lowest BCUT2D eigenvalue weighted by Crippen LogP contribution is -2.25. The highest BCUT2D eigenvalue weighted by Crippen LogP contribution is 2.08. The van der Waals surface area contributed by atoms with Crippen LogP contribution in [0.5, 0.6) is 0 Å². The van der Waals surface area contributed by atoms with Gasteiger partial charge in [0, 0.05) is 12.6 Å². The molecule has 0 radical (unpaired) electrons. The van der Waals surface area contributed by atoms with E-state index in [0.717, 1.165) is 32.7 Å². The molecule has 0 spiro atoms. The van der Waals surface area contributed by atoms with Crippen molar-refractivity contribution in [2.75, 3.05) is 38.7 Å². The van der Waals surface area contributed by atoms with Crippen molar-refractivity contribution >= 4 is 17.6 Å². The second-order valence-electron chi connectivity index (χ2n) is 3.86. The number of ether oxygens (including phenoxy) is 2. The smallest absolute Gasteiger partial charge is 0.330 e. The minimum Gasteiger partial charge on any atom is -0.462 e. The van der Waals surface area contributed by atoms with Gasteiger partial charge in [-0.15, -0.1) is 11.6 Å². The molecule has 0 aromatic rings. The Hall–Kier alpha value is -0.580. The minimum atomic E-state index is -0.334. The molecule has 0 N–H and O–H groups in total. The third-order valence-electron chi connectivity index (χ3n) is 2.50. The quantitative estimate of drug-likeness (QED) is 0.224. The monoisotopic (exact) mass is 277 g/mol. The molecule has 18 heavy (non-hydrogen) atoms. The van der Waals surface area contributed by atoms with Crippen molar-refractivity contribution in [1.82, 2.24) is 4.90 Å². The van der Waals surface area contributed by atoms with Gasteiger partial charge >= 0.3 is 5.97 Å². The molecule has 0 aliphatic carbocycles. The second-order valence-corrected chi connectivity index (χ2v) is 4.17. The van der Waals surface area contributed by atoms with Crippen LogP contribution in [0.3, 0.4) is 0 Å². The summed E-state index contributed by atoms with van der Waals surface area (Å²) in [4.78, 5) is 12.9. The lowest BCUT2D eigenvalue weighted by atomic mass is 10.4. The lowest BCUT2D eigenvalue weighted by Gasteiger charge is -2.17. The van der Waals surface area contributed by atoms with E-state index in [4.69, 9.17) is 21.1 Å². The molecule has 106 valence electrons. The van der Waals surface area contributed by atoms with Gasteiger partial charge in [0.15, 0.2) is 0 Å². The Bertz CT molecular complexity index is 228. The van der Waals surface area contributed by atoms with E-state index in [0.29, 0.717) is 18.6 Å². The first kappa shape index (κ1) is 17.4. The Morgan fingerprint density at radius 1 is 1.56 bits per heavy atom. The summed E-state index contributed by atoms with van der Waals surface area (Å²) in [6, 6.07) is 0. The number of esters is 1. The van der Waals surface area contributed by atoms with E-state index in [1.807, 2.05) is 0 Å². The summed E-state index contributed by atoms with van der Waals surface area (Å²) < 4.78 is 9.57. The highest BCUT2D eigenvalue weighted by atomic mass is 35.5. The van der Waals surface area contributed by atoms with E-state index in [1.165, 1.54) is 6.08 Å². The van der Waals surface area contributed by atoms with E-state index in [-0.39, 0.29) is 5.97 Å². The summed E-state index contributed by atoms with van der Waals surface area (Å²) in [6.45, 7) is 12.0. The molecule has 1 atom stereocenters. The Kier molecular flexibility index (Phi) is 11.1. The number of carbonyl (C=O) groups excluding carboxylic acids is 1. The fourth-order valence-electron chi connectivity index (χ4n) is 1.22. The van der Waals surface area contributed by atoms with Gasteiger partial charge in [-0.25, -0.2) is 4.79 Å². The number of epoxide rings is 1. The predicted molar refractivity (Wildman–Crippen MR) is 74.0 cm³/mol. The van der Waals surface area contributed by atoms with Gasteiger partial charge in [0.05, 0.1) is 25.2 Å². The number of halogens is 1. The van der Waals surface area contributed by atoms with E-state index in [9.17, 15) is 4.79 Å². The topological polar surface area (TPSA) is 42.1 Å². The molecule has 0 amide bonds.